The molecule has 0 spiro atoms. The Hall–Kier alpha value is -3.95. The summed E-state index contributed by atoms with van der Waals surface area (Å²) in [5.74, 6) is 0.502. The Bertz CT molecular complexity index is 1200. The van der Waals surface area contributed by atoms with Crippen molar-refractivity contribution in [1.82, 2.24) is 30.2 Å². The van der Waals surface area contributed by atoms with Crippen molar-refractivity contribution in [3.8, 4) is 0 Å². The number of carbonyl (C=O) groups excluding carboxylic acids is 2. The quantitative estimate of drug-likeness (QED) is 0.380. The Morgan fingerprint density at radius 2 is 1.90 bits per heavy atom. The van der Waals surface area contributed by atoms with Crippen LogP contribution in [0.25, 0.3) is 11.7 Å². The molecule has 10 nitrogen and oxygen atoms in total. The van der Waals surface area contributed by atoms with Crippen molar-refractivity contribution in [3.63, 3.8) is 0 Å². The molecule has 2 aromatic heterocycles. The second-order valence-corrected chi connectivity index (χ2v) is 7.48. The van der Waals surface area contributed by atoms with E-state index >= 15 is 0 Å². The molecule has 0 radical (unpaired) electrons. The molecule has 1 saturated carbocycles. The molecule has 30 heavy (non-hydrogen) atoms. The summed E-state index contributed by atoms with van der Waals surface area (Å²) in [5.41, 5.74) is 4.36. The van der Waals surface area contributed by atoms with Gasteiger partial charge in [-0.1, -0.05) is 18.2 Å². The van der Waals surface area contributed by atoms with Gasteiger partial charge in [0.25, 0.3) is 5.91 Å². The van der Waals surface area contributed by atoms with Crippen molar-refractivity contribution in [1.29, 1.82) is 0 Å². The predicted molar refractivity (Wildman–Crippen MR) is 111 cm³/mol. The topological polar surface area (TPSA) is 125 Å². The van der Waals surface area contributed by atoms with Gasteiger partial charge in [0.15, 0.2) is 5.65 Å². The van der Waals surface area contributed by atoms with E-state index in [4.69, 9.17) is 0 Å². The van der Waals surface area contributed by atoms with Crippen LogP contribution < -0.4 is 21.3 Å². The van der Waals surface area contributed by atoms with Gasteiger partial charge in [-0.25, -0.2) is 4.79 Å². The van der Waals surface area contributed by atoms with Crippen LogP contribution in [0.3, 0.4) is 0 Å². The summed E-state index contributed by atoms with van der Waals surface area (Å²) in [5, 5.41) is 15.7. The molecule has 2 fully saturated rings. The molecule has 10 heteroatoms. The van der Waals surface area contributed by atoms with Gasteiger partial charge in [0.1, 0.15) is 5.70 Å². The molecule has 1 aliphatic carbocycles. The lowest BCUT2D eigenvalue weighted by molar-refractivity contribution is -0.115. The minimum absolute atomic E-state index is 0.148. The predicted octanol–water partition coefficient (Wildman–Crippen LogP) is 2.24. The Labute approximate surface area is 171 Å². The largest absolute Gasteiger partial charge is 0.351 e. The number of hydrogen-bond donors (Lipinski definition) is 4. The number of aromatic nitrogens is 4. The number of hydrogen-bond acceptors (Lipinski definition) is 7. The third-order valence-corrected chi connectivity index (χ3v) is 5.04. The van der Waals surface area contributed by atoms with Crippen LogP contribution in [-0.4, -0.2) is 37.6 Å². The lowest BCUT2D eigenvalue weighted by atomic mass is 10.1. The number of nitrogens with one attached hydrogen (secondary N) is 4. The maximum absolute atomic E-state index is 11.9. The van der Waals surface area contributed by atoms with E-state index in [1.807, 2.05) is 32.0 Å². The zero-order valence-corrected chi connectivity index (χ0v) is 16.5. The fourth-order valence-electron chi connectivity index (χ4n) is 3.32. The summed E-state index contributed by atoms with van der Waals surface area (Å²) in [6.07, 6.45) is 5.31. The molecule has 3 heterocycles. The second-order valence-electron chi connectivity index (χ2n) is 7.48. The maximum atomic E-state index is 11.9. The fraction of sp³-hybridized carbons (Fsp3) is 0.250. The number of carbonyl (C=O) groups is 2. The summed E-state index contributed by atoms with van der Waals surface area (Å²) in [6, 6.07) is 5.86. The highest BCUT2D eigenvalue weighted by Crippen LogP contribution is 2.28. The van der Waals surface area contributed by atoms with Crippen molar-refractivity contribution in [2.75, 3.05) is 10.6 Å². The number of amides is 3. The molecule has 2 aliphatic rings. The van der Waals surface area contributed by atoms with E-state index in [2.05, 4.69) is 36.3 Å². The maximum Gasteiger partial charge on any atom is 0.326 e. The third kappa shape index (κ3) is 3.32. The van der Waals surface area contributed by atoms with E-state index < -0.39 is 11.9 Å². The Kier molecular flexibility index (Phi) is 4.12. The van der Waals surface area contributed by atoms with Gasteiger partial charge in [-0.15, -0.1) is 0 Å². The number of fused-ring (bicyclic) bond motifs is 1. The van der Waals surface area contributed by atoms with Crippen molar-refractivity contribution in [2.24, 2.45) is 0 Å². The first-order valence-corrected chi connectivity index (χ1v) is 9.67. The lowest BCUT2D eigenvalue weighted by Crippen LogP contribution is -2.22. The molecule has 1 aromatic carbocycles. The minimum atomic E-state index is -0.550. The lowest BCUT2D eigenvalue weighted by Gasteiger charge is -2.13. The number of aryl methyl sites for hydroxylation is 2. The number of nitrogens with zero attached hydrogens (tertiary/aromatic N) is 4. The number of para-hydroxylation sites is 1. The number of rotatable bonds is 5. The molecule has 3 amide bonds. The van der Waals surface area contributed by atoms with Gasteiger partial charge in [-0.3, -0.25) is 10.1 Å². The van der Waals surface area contributed by atoms with Gasteiger partial charge in [0, 0.05) is 17.3 Å². The molecule has 5 rings (SSSR count). The molecule has 0 unspecified atom stereocenters. The number of urea groups is 1. The van der Waals surface area contributed by atoms with E-state index in [1.165, 1.54) is 0 Å². The normalized spacial score (nSPS) is 17.3. The van der Waals surface area contributed by atoms with Gasteiger partial charge in [-0.05, 0) is 43.9 Å². The van der Waals surface area contributed by atoms with Crippen molar-refractivity contribution in [3.05, 3.63) is 46.8 Å². The summed E-state index contributed by atoms with van der Waals surface area (Å²) in [4.78, 5) is 32.6. The van der Waals surface area contributed by atoms with Crippen LogP contribution in [0.15, 0.2) is 30.1 Å². The van der Waals surface area contributed by atoms with Crippen LogP contribution in [0.5, 0.6) is 0 Å². The number of imide groups is 1. The SMILES string of the molecule is Cc1cccc(C)c1Nc1nc(NC2CC2)n2ncc(/C=C3\NC(=O)NC3=O)c2n1. The average molecular weight is 404 g/mol. The molecular formula is C20H20N8O2. The highest BCUT2D eigenvalue weighted by atomic mass is 16.2. The Morgan fingerprint density at radius 1 is 1.13 bits per heavy atom. The van der Waals surface area contributed by atoms with Gasteiger partial charge in [0.05, 0.1) is 6.20 Å². The molecule has 152 valence electrons. The molecule has 0 bridgehead atoms. The average Bonchev–Trinajstić information content (AvgIpc) is 3.34. The fourth-order valence-corrected chi connectivity index (χ4v) is 3.32. The summed E-state index contributed by atoms with van der Waals surface area (Å²) in [7, 11) is 0. The zero-order valence-electron chi connectivity index (χ0n) is 16.5. The van der Waals surface area contributed by atoms with Crippen LogP contribution in [0.2, 0.25) is 0 Å². The number of benzene rings is 1. The first-order valence-electron chi connectivity index (χ1n) is 9.67. The van der Waals surface area contributed by atoms with Gasteiger partial charge in [-0.2, -0.15) is 19.6 Å². The highest BCUT2D eigenvalue weighted by Gasteiger charge is 2.26. The van der Waals surface area contributed by atoms with E-state index in [0.29, 0.717) is 29.1 Å². The van der Waals surface area contributed by atoms with Crippen molar-refractivity contribution >= 4 is 41.2 Å². The molecule has 1 saturated heterocycles. The monoisotopic (exact) mass is 404 g/mol. The van der Waals surface area contributed by atoms with Gasteiger partial charge in [0.2, 0.25) is 11.9 Å². The molecule has 0 atom stereocenters. The Morgan fingerprint density at radius 3 is 2.57 bits per heavy atom. The summed E-state index contributed by atoms with van der Waals surface area (Å²) < 4.78 is 1.61. The molecule has 3 aromatic rings. The van der Waals surface area contributed by atoms with Crippen LogP contribution in [0, 0.1) is 13.8 Å². The van der Waals surface area contributed by atoms with E-state index in [0.717, 1.165) is 29.7 Å². The zero-order chi connectivity index (χ0) is 20.8. The summed E-state index contributed by atoms with van der Waals surface area (Å²) >= 11 is 0. The highest BCUT2D eigenvalue weighted by molar-refractivity contribution is 6.14. The van der Waals surface area contributed by atoms with Crippen molar-refractivity contribution in [2.45, 2.75) is 32.7 Å². The third-order valence-electron chi connectivity index (χ3n) is 5.04. The van der Waals surface area contributed by atoms with E-state index in [-0.39, 0.29) is 5.70 Å². The smallest absolute Gasteiger partial charge is 0.326 e. The van der Waals surface area contributed by atoms with E-state index in [1.54, 1.807) is 16.8 Å². The summed E-state index contributed by atoms with van der Waals surface area (Å²) in [6.45, 7) is 4.04. The van der Waals surface area contributed by atoms with Gasteiger partial charge < -0.3 is 16.0 Å². The molecular weight excluding hydrogens is 384 g/mol. The molecule has 4 N–H and O–H groups in total. The Balaban J connectivity index is 1.60. The van der Waals surface area contributed by atoms with Crippen LogP contribution in [-0.2, 0) is 4.79 Å². The van der Waals surface area contributed by atoms with Crippen molar-refractivity contribution < 1.29 is 9.59 Å². The van der Waals surface area contributed by atoms with Crippen LogP contribution in [0.4, 0.5) is 22.4 Å². The standard InChI is InChI=1S/C20H20N8O2/c1-10-4-3-5-11(2)15(10)24-18-25-16-12(8-14-17(29)26-20(30)23-14)9-21-28(16)19(27-18)22-13-6-7-13/h3-5,8-9,13H,6-7H2,1-2H3,(H2,22,24,25,27)(H2,23,26,29,30)/b14-8-. The first-order chi connectivity index (χ1) is 14.5. The number of anilines is 3. The molecule has 1 aliphatic heterocycles. The van der Waals surface area contributed by atoms with Gasteiger partial charge >= 0.3 is 6.03 Å². The van der Waals surface area contributed by atoms with Crippen LogP contribution in [0.1, 0.15) is 29.5 Å². The minimum Gasteiger partial charge on any atom is -0.351 e. The van der Waals surface area contributed by atoms with E-state index in [9.17, 15) is 9.59 Å². The second kappa shape index (κ2) is 6.83. The first kappa shape index (κ1) is 18.1. The van der Waals surface area contributed by atoms with Crippen LogP contribution >= 0.6 is 0 Å².